The molecule has 0 aromatic heterocycles. The zero-order valence-electron chi connectivity index (χ0n) is 15.4. The number of amides is 4. The van der Waals surface area contributed by atoms with Crippen LogP contribution in [0, 0.1) is 0 Å². The molecule has 1 aromatic carbocycles. The maximum Gasteiger partial charge on any atom is 0.410 e. The van der Waals surface area contributed by atoms with Crippen LogP contribution >= 0.6 is 0 Å². The number of ether oxygens (including phenoxy) is 1. The molecule has 3 rings (SSSR count). The second kappa shape index (κ2) is 6.63. The van der Waals surface area contributed by atoms with Crippen molar-refractivity contribution in [3.8, 4) is 0 Å². The standard InChI is InChI=1S/C19H25N3O4/c1-18(2,3)26-17(25)21-11-9-19(10-12-21)15(23)22(16(24)20-19)13-14-7-5-4-6-8-14/h4-8H,9-13H2,1-3H3,(H,20,24). The first kappa shape index (κ1) is 18.2. The summed E-state index contributed by atoms with van der Waals surface area (Å²) in [5, 5.41) is 2.86. The Hall–Kier alpha value is -2.57. The van der Waals surface area contributed by atoms with Crippen LogP contribution in [0.25, 0.3) is 0 Å². The predicted octanol–water partition coefficient (Wildman–Crippen LogP) is 2.51. The van der Waals surface area contributed by atoms with Crippen LogP contribution in [0.4, 0.5) is 9.59 Å². The highest BCUT2D eigenvalue weighted by Gasteiger charge is 2.52. The average Bonchev–Trinajstić information content (AvgIpc) is 2.79. The summed E-state index contributed by atoms with van der Waals surface area (Å²) in [5.74, 6) is -0.213. The summed E-state index contributed by atoms with van der Waals surface area (Å²) in [4.78, 5) is 40.3. The van der Waals surface area contributed by atoms with Gasteiger partial charge >= 0.3 is 12.1 Å². The van der Waals surface area contributed by atoms with E-state index in [-0.39, 0.29) is 24.6 Å². The molecule has 26 heavy (non-hydrogen) atoms. The Morgan fingerprint density at radius 2 is 1.77 bits per heavy atom. The molecule has 0 saturated carbocycles. The highest BCUT2D eigenvalue weighted by Crippen LogP contribution is 2.31. The monoisotopic (exact) mass is 359 g/mol. The molecule has 7 nitrogen and oxygen atoms in total. The van der Waals surface area contributed by atoms with Gasteiger partial charge in [0.25, 0.3) is 5.91 Å². The van der Waals surface area contributed by atoms with E-state index >= 15 is 0 Å². The summed E-state index contributed by atoms with van der Waals surface area (Å²) in [6.07, 6.45) is 0.398. The van der Waals surface area contributed by atoms with Gasteiger partial charge in [-0.25, -0.2) is 9.59 Å². The summed E-state index contributed by atoms with van der Waals surface area (Å²) >= 11 is 0. The van der Waals surface area contributed by atoms with Gasteiger partial charge in [-0.2, -0.15) is 0 Å². The van der Waals surface area contributed by atoms with Crippen LogP contribution in [0.5, 0.6) is 0 Å². The Morgan fingerprint density at radius 3 is 2.35 bits per heavy atom. The van der Waals surface area contributed by atoms with E-state index in [1.165, 1.54) is 4.90 Å². The van der Waals surface area contributed by atoms with E-state index in [1.807, 2.05) is 51.1 Å². The van der Waals surface area contributed by atoms with Crippen LogP contribution in [0.2, 0.25) is 0 Å². The lowest BCUT2D eigenvalue weighted by atomic mass is 9.87. The van der Waals surface area contributed by atoms with E-state index in [0.29, 0.717) is 25.9 Å². The van der Waals surface area contributed by atoms with Crippen molar-refractivity contribution in [2.75, 3.05) is 13.1 Å². The van der Waals surface area contributed by atoms with E-state index in [2.05, 4.69) is 5.32 Å². The molecule has 2 heterocycles. The minimum absolute atomic E-state index is 0.213. The Kier molecular flexibility index (Phi) is 4.64. The first-order valence-corrected chi connectivity index (χ1v) is 8.86. The zero-order valence-corrected chi connectivity index (χ0v) is 15.4. The van der Waals surface area contributed by atoms with Crippen LogP contribution in [0.1, 0.15) is 39.2 Å². The molecule has 1 aromatic rings. The molecule has 1 N–H and O–H groups in total. The molecule has 2 saturated heterocycles. The van der Waals surface area contributed by atoms with E-state index in [1.54, 1.807) is 4.90 Å². The minimum atomic E-state index is -0.912. The molecule has 0 bridgehead atoms. The van der Waals surface area contributed by atoms with Gasteiger partial charge in [-0.3, -0.25) is 9.69 Å². The number of urea groups is 1. The van der Waals surface area contributed by atoms with Crippen LogP contribution in [0.3, 0.4) is 0 Å². The normalized spacial score (nSPS) is 19.7. The number of piperidine rings is 1. The zero-order chi connectivity index (χ0) is 18.9. The molecule has 2 aliphatic rings. The number of rotatable bonds is 2. The molecule has 140 valence electrons. The summed E-state index contributed by atoms with van der Waals surface area (Å²) in [7, 11) is 0. The number of carbonyl (C=O) groups is 3. The largest absolute Gasteiger partial charge is 0.444 e. The third-order valence-corrected chi connectivity index (χ3v) is 4.70. The smallest absolute Gasteiger partial charge is 0.410 e. The fraction of sp³-hybridized carbons (Fsp3) is 0.526. The minimum Gasteiger partial charge on any atom is -0.444 e. The first-order chi connectivity index (χ1) is 12.2. The molecule has 2 aliphatic heterocycles. The summed E-state index contributed by atoms with van der Waals surface area (Å²) in [6, 6.07) is 9.05. The third kappa shape index (κ3) is 3.66. The number of carbonyl (C=O) groups excluding carboxylic acids is 3. The first-order valence-electron chi connectivity index (χ1n) is 8.86. The number of hydrogen-bond acceptors (Lipinski definition) is 4. The van der Waals surface area contributed by atoms with Crippen molar-refractivity contribution in [3.63, 3.8) is 0 Å². The van der Waals surface area contributed by atoms with E-state index < -0.39 is 11.1 Å². The average molecular weight is 359 g/mol. The van der Waals surface area contributed by atoms with Crippen molar-refractivity contribution >= 4 is 18.0 Å². The van der Waals surface area contributed by atoms with Crippen LogP contribution in [0.15, 0.2) is 30.3 Å². The number of nitrogens with one attached hydrogen (secondary N) is 1. The summed E-state index contributed by atoms with van der Waals surface area (Å²) in [5.41, 5.74) is -0.570. The molecule has 4 amide bonds. The van der Waals surface area contributed by atoms with E-state index in [0.717, 1.165) is 5.56 Å². The maximum atomic E-state index is 12.9. The van der Waals surface area contributed by atoms with Crippen molar-refractivity contribution in [3.05, 3.63) is 35.9 Å². The van der Waals surface area contributed by atoms with Crippen molar-refractivity contribution in [2.45, 2.75) is 51.3 Å². The second-order valence-electron chi connectivity index (χ2n) is 7.86. The molecule has 0 aliphatic carbocycles. The molecule has 0 radical (unpaired) electrons. The van der Waals surface area contributed by atoms with Gasteiger partial charge < -0.3 is 15.0 Å². The van der Waals surface area contributed by atoms with Crippen LogP contribution in [-0.4, -0.2) is 52.1 Å². The Bertz CT molecular complexity index is 703. The van der Waals surface area contributed by atoms with E-state index in [9.17, 15) is 14.4 Å². The fourth-order valence-electron chi connectivity index (χ4n) is 3.32. The Morgan fingerprint density at radius 1 is 1.15 bits per heavy atom. The molecule has 1 spiro atoms. The highest BCUT2D eigenvalue weighted by atomic mass is 16.6. The van der Waals surface area contributed by atoms with Crippen molar-refractivity contribution in [2.24, 2.45) is 0 Å². The molecular weight excluding hydrogens is 334 g/mol. The summed E-state index contributed by atoms with van der Waals surface area (Å²) in [6.45, 7) is 6.46. The Balaban J connectivity index is 1.64. The van der Waals surface area contributed by atoms with Gasteiger partial charge in [-0.05, 0) is 39.2 Å². The van der Waals surface area contributed by atoms with Crippen molar-refractivity contribution in [1.82, 2.24) is 15.1 Å². The molecule has 2 fully saturated rings. The molecular formula is C19H25N3O4. The van der Waals surface area contributed by atoms with Gasteiger partial charge in [0, 0.05) is 13.1 Å². The lowest BCUT2D eigenvalue weighted by Gasteiger charge is -2.37. The molecule has 0 unspecified atom stereocenters. The van der Waals surface area contributed by atoms with Gasteiger partial charge in [-0.15, -0.1) is 0 Å². The lowest BCUT2D eigenvalue weighted by molar-refractivity contribution is -0.133. The number of hydrogen-bond donors (Lipinski definition) is 1. The second-order valence-corrected chi connectivity index (χ2v) is 7.86. The number of benzene rings is 1. The number of nitrogens with zero attached hydrogens (tertiary/aromatic N) is 2. The molecule has 0 atom stereocenters. The predicted molar refractivity (Wildman–Crippen MR) is 95.3 cm³/mol. The lowest BCUT2D eigenvalue weighted by Crippen LogP contribution is -2.56. The SMILES string of the molecule is CC(C)(C)OC(=O)N1CCC2(CC1)NC(=O)N(Cc1ccccc1)C2=O. The van der Waals surface area contributed by atoms with E-state index in [4.69, 9.17) is 4.74 Å². The van der Waals surface area contributed by atoms with Crippen molar-refractivity contribution < 1.29 is 19.1 Å². The molecule has 7 heteroatoms. The third-order valence-electron chi connectivity index (χ3n) is 4.70. The van der Waals surface area contributed by atoms with Gasteiger partial charge in [0.2, 0.25) is 0 Å². The topological polar surface area (TPSA) is 79.0 Å². The van der Waals surface area contributed by atoms with Crippen molar-refractivity contribution in [1.29, 1.82) is 0 Å². The maximum absolute atomic E-state index is 12.9. The fourth-order valence-corrected chi connectivity index (χ4v) is 3.32. The Labute approximate surface area is 153 Å². The van der Waals surface area contributed by atoms with Gasteiger partial charge in [0.1, 0.15) is 11.1 Å². The van der Waals surface area contributed by atoms with Gasteiger partial charge in [-0.1, -0.05) is 30.3 Å². The summed E-state index contributed by atoms with van der Waals surface area (Å²) < 4.78 is 5.38. The highest BCUT2D eigenvalue weighted by molar-refractivity contribution is 6.07. The number of imide groups is 1. The van der Waals surface area contributed by atoms with Crippen LogP contribution < -0.4 is 5.32 Å². The van der Waals surface area contributed by atoms with Gasteiger partial charge in [0.15, 0.2) is 0 Å². The van der Waals surface area contributed by atoms with Crippen LogP contribution in [-0.2, 0) is 16.1 Å². The van der Waals surface area contributed by atoms with Gasteiger partial charge in [0.05, 0.1) is 6.54 Å². The number of likely N-dealkylation sites (tertiary alicyclic amines) is 1. The quantitative estimate of drug-likeness (QED) is 0.823.